The lowest BCUT2D eigenvalue weighted by Crippen LogP contribution is -2.27. The number of nitrogens with one attached hydrogen (secondary N) is 1. The number of nitro benzene ring substituents is 1. The fourth-order valence-electron chi connectivity index (χ4n) is 2.73. The maximum Gasteiger partial charge on any atom is 0.334 e. The summed E-state index contributed by atoms with van der Waals surface area (Å²) in [6, 6.07) is 4.27. The monoisotopic (exact) mass is 289 g/mol. The van der Waals surface area contributed by atoms with Gasteiger partial charge in [0.2, 0.25) is 5.58 Å². The summed E-state index contributed by atoms with van der Waals surface area (Å²) in [5, 5.41) is 14.6. The highest BCUT2D eigenvalue weighted by molar-refractivity contribution is 5.91. The van der Waals surface area contributed by atoms with Gasteiger partial charge in [-0.15, -0.1) is 0 Å². The Bertz CT molecular complexity index is 763. The zero-order chi connectivity index (χ0) is 15.0. The number of anilines is 1. The summed E-state index contributed by atoms with van der Waals surface area (Å²) in [4.78, 5) is 22.8. The fourth-order valence-corrected chi connectivity index (χ4v) is 2.73. The van der Waals surface area contributed by atoms with Crippen LogP contribution in [0.3, 0.4) is 0 Å². The molecule has 0 aliphatic carbocycles. The number of nitrogens with two attached hydrogens (primary N) is 1. The van der Waals surface area contributed by atoms with Gasteiger partial charge in [0.1, 0.15) is 11.4 Å². The minimum absolute atomic E-state index is 0.00175. The molecule has 2 aromatic rings. The Hall–Kier alpha value is -2.41. The third-order valence-electron chi connectivity index (χ3n) is 3.85. The average Bonchev–Trinajstić information content (AvgIpc) is 2.47. The number of nitrogen functional groups attached to an aromatic ring is 1. The molecule has 0 unspecified atom stereocenters. The second-order valence-electron chi connectivity index (χ2n) is 5.17. The van der Waals surface area contributed by atoms with Gasteiger partial charge >= 0.3 is 5.69 Å². The van der Waals surface area contributed by atoms with Crippen molar-refractivity contribution >= 4 is 22.3 Å². The Kier molecular flexibility index (Phi) is 3.34. The van der Waals surface area contributed by atoms with Crippen molar-refractivity contribution in [3.05, 3.63) is 44.3 Å². The molecule has 3 rings (SSSR count). The van der Waals surface area contributed by atoms with E-state index in [2.05, 4.69) is 5.32 Å². The van der Waals surface area contributed by atoms with Crippen molar-refractivity contribution in [2.45, 2.75) is 18.8 Å². The van der Waals surface area contributed by atoms with Gasteiger partial charge < -0.3 is 15.5 Å². The molecule has 1 aliphatic rings. The summed E-state index contributed by atoms with van der Waals surface area (Å²) in [5.74, 6) is 0.604. The van der Waals surface area contributed by atoms with E-state index in [4.69, 9.17) is 10.2 Å². The molecule has 7 nitrogen and oxygen atoms in total. The summed E-state index contributed by atoms with van der Waals surface area (Å²) in [5.41, 5.74) is 5.02. The Morgan fingerprint density at radius 1 is 1.33 bits per heavy atom. The number of nitrogens with zero attached hydrogens (tertiary/aromatic N) is 1. The molecular formula is C14H15N3O4. The van der Waals surface area contributed by atoms with Gasteiger partial charge in [-0.25, -0.2) is 0 Å². The zero-order valence-corrected chi connectivity index (χ0v) is 11.3. The SMILES string of the molecule is Nc1ccc2c(=O)cc(C3CCNCC3)oc2c1[N+](=O)[O-]. The highest BCUT2D eigenvalue weighted by Gasteiger charge is 2.24. The quantitative estimate of drug-likeness (QED) is 0.495. The number of nitro groups is 1. The fraction of sp³-hybridized carbons (Fsp3) is 0.357. The second-order valence-corrected chi connectivity index (χ2v) is 5.17. The van der Waals surface area contributed by atoms with Gasteiger partial charge in [-0.1, -0.05) is 0 Å². The largest absolute Gasteiger partial charge is 0.453 e. The van der Waals surface area contributed by atoms with E-state index >= 15 is 0 Å². The summed E-state index contributed by atoms with van der Waals surface area (Å²) in [6.07, 6.45) is 1.68. The number of hydrogen-bond acceptors (Lipinski definition) is 6. The summed E-state index contributed by atoms with van der Waals surface area (Å²) in [6.45, 7) is 1.68. The lowest BCUT2D eigenvalue weighted by Gasteiger charge is -2.21. The highest BCUT2D eigenvalue weighted by Crippen LogP contribution is 2.33. The molecule has 0 spiro atoms. The number of piperidine rings is 1. The molecule has 21 heavy (non-hydrogen) atoms. The molecular weight excluding hydrogens is 274 g/mol. The predicted molar refractivity (Wildman–Crippen MR) is 78.4 cm³/mol. The first-order valence-electron chi connectivity index (χ1n) is 6.79. The van der Waals surface area contributed by atoms with Gasteiger partial charge in [0.15, 0.2) is 5.43 Å². The molecule has 0 radical (unpaired) electrons. The smallest absolute Gasteiger partial charge is 0.334 e. The van der Waals surface area contributed by atoms with E-state index < -0.39 is 4.92 Å². The molecule has 1 aromatic carbocycles. The van der Waals surface area contributed by atoms with E-state index in [1.165, 1.54) is 18.2 Å². The van der Waals surface area contributed by atoms with E-state index in [1.54, 1.807) is 0 Å². The van der Waals surface area contributed by atoms with Crippen molar-refractivity contribution in [1.29, 1.82) is 0 Å². The molecule has 1 aliphatic heterocycles. The third kappa shape index (κ3) is 2.36. The molecule has 0 saturated carbocycles. The molecule has 7 heteroatoms. The Labute approximate surface area is 119 Å². The molecule has 0 amide bonds. The lowest BCUT2D eigenvalue weighted by molar-refractivity contribution is -0.382. The summed E-state index contributed by atoms with van der Waals surface area (Å²) >= 11 is 0. The highest BCUT2D eigenvalue weighted by atomic mass is 16.6. The first kappa shape index (κ1) is 13.6. The minimum atomic E-state index is -0.604. The van der Waals surface area contributed by atoms with Crippen LogP contribution < -0.4 is 16.5 Å². The van der Waals surface area contributed by atoms with Crippen LogP contribution in [-0.4, -0.2) is 18.0 Å². The van der Waals surface area contributed by atoms with E-state index in [0.717, 1.165) is 25.9 Å². The Balaban J connectivity index is 2.23. The van der Waals surface area contributed by atoms with Crippen LogP contribution in [0, 0.1) is 10.1 Å². The van der Waals surface area contributed by atoms with Crippen molar-refractivity contribution in [2.75, 3.05) is 18.8 Å². The first-order valence-corrected chi connectivity index (χ1v) is 6.79. The number of hydrogen-bond donors (Lipinski definition) is 2. The number of benzene rings is 1. The van der Waals surface area contributed by atoms with Gasteiger partial charge in [0.25, 0.3) is 0 Å². The van der Waals surface area contributed by atoms with Gasteiger partial charge in [-0.2, -0.15) is 0 Å². The van der Waals surface area contributed by atoms with Crippen LogP contribution in [0.2, 0.25) is 0 Å². The van der Waals surface area contributed by atoms with E-state index in [-0.39, 0.29) is 33.7 Å². The standard InChI is InChI=1S/C14H15N3O4/c15-10-2-1-9-11(18)7-12(8-3-5-16-6-4-8)21-14(9)13(10)17(19)20/h1-2,7-8,16H,3-6,15H2. The maximum absolute atomic E-state index is 12.2. The van der Waals surface area contributed by atoms with Gasteiger partial charge in [-0.3, -0.25) is 14.9 Å². The van der Waals surface area contributed by atoms with Crippen molar-refractivity contribution in [3.8, 4) is 0 Å². The van der Waals surface area contributed by atoms with Crippen LogP contribution in [0.15, 0.2) is 27.4 Å². The normalized spacial score (nSPS) is 16.2. The van der Waals surface area contributed by atoms with Gasteiger partial charge in [0.05, 0.1) is 10.3 Å². The van der Waals surface area contributed by atoms with Crippen molar-refractivity contribution in [3.63, 3.8) is 0 Å². The van der Waals surface area contributed by atoms with Crippen LogP contribution in [-0.2, 0) is 0 Å². The predicted octanol–water partition coefficient (Wildman–Crippen LogP) is 1.75. The molecule has 110 valence electrons. The molecule has 1 saturated heterocycles. The first-order chi connectivity index (χ1) is 10.1. The van der Waals surface area contributed by atoms with Crippen LogP contribution in [0.4, 0.5) is 11.4 Å². The number of fused-ring (bicyclic) bond motifs is 1. The molecule has 0 bridgehead atoms. The van der Waals surface area contributed by atoms with Crippen LogP contribution in [0.25, 0.3) is 11.0 Å². The van der Waals surface area contributed by atoms with Crippen molar-refractivity contribution in [2.24, 2.45) is 0 Å². The second kappa shape index (κ2) is 5.17. The zero-order valence-electron chi connectivity index (χ0n) is 11.3. The summed E-state index contributed by atoms with van der Waals surface area (Å²) < 4.78 is 5.71. The number of rotatable bonds is 2. The van der Waals surface area contributed by atoms with Crippen molar-refractivity contribution in [1.82, 2.24) is 5.32 Å². The summed E-state index contributed by atoms with van der Waals surface area (Å²) in [7, 11) is 0. The average molecular weight is 289 g/mol. The molecule has 2 heterocycles. The van der Waals surface area contributed by atoms with E-state index in [0.29, 0.717) is 5.76 Å². The maximum atomic E-state index is 12.2. The van der Waals surface area contributed by atoms with E-state index in [9.17, 15) is 14.9 Å². The van der Waals surface area contributed by atoms with Gasteiger partial charge in [-0.05, 0) is 38.1 Å². The van der Waals surface area contributed by atoms with Gasteiger partial charge in [0, 0.05) is 12.0 Å². The van der Waals surface area contributed by atoms with Crippen molar-refractivity contribution < 1.29 is 9.34 Å². The topological polar surface area (TPSA) is 111 Å². The molecule has 3 N–H and O–H groups in total. The lowest BCUT2D eigenvalue weighted by atomic mass is 9.95. The van der Waals surface area contributed by atoms with Crippen LogP contribution in [0.1, 0.15) is 24.5 Å². The molecule has 1 fully saturated rings. The Morgan fingerprint density at radius 2 is 2.05 bits per heavy atom. The van der Waals surface area contributed by atoms with Crippen LogP contribution >= 0.6 is 0 Å². The molecule has 1 aromatic heterocycles. The Morgan fingerprint density at radius 3 is 2.71 bits per heavy atom. The molecule has 0 atom stereocenters. The third-order valence-corrected chi connectivity index (χ3v) is 3.85. The van der Waals surface area contributed by atoms with Crippen LogP contribution in [0.5, 0.6) is 0 Å². The minimum Gasteiger partial charge on any atom is -0.453 e. The van der Waals surface area contributed by atoms with E-state index in [1.807, 2.05) is 0 Å².